The van der Waals surface area contributed by atoms with E-state index in [0.717, 1.165) is 30.9 Å². The number of pyridine rings is 3. The first-order chi connectivity index (χ1) is 18.1. The SMILES string of the molecule is NC(=O)C(c1cccnc1)c1ccc(N2CCC(c3ccncc3)C2)nc1NCCc1cccc(F)c1. The minimum atomic E-state index is -0.699. The second kappa shape index (κ2) is 11.2. The lowest BCUT2D eigenvalue weighted by Gasteiger charge is -2.23. The fourth-order valence-corrected chi connectivity index (χ4v) is 4.95. The van der Waals surface area contributed by atoms with Gasteiger partial charge in [-0.15, -0.1) is 0 Å². The van der Waals surface area contributed by atoms with E-state index >= 15 is 0 Å². The lowest BCUT2D eigenvalue weighted by atomic mass is 9.92. The van der Waals surface area contributed by atoms with Gasteiger partial charge < -0.3 is 16.0 Å². The van der Waals surface area contributed by atoms with Gasteiger partial charge in [0.25, 0.3) is 0 Å². The van der Waals surface area contributed by atoms with Crippen LogP contribution in [-0.4, -0.2) is 40.5 Å². The van der Waals surface area contributed by atoms with Gasteiger partial charge in [-0.1, -0.05) is 24.3 Å². The van der Waals surface area contributed by atoms with Crippen molar-refractivity contribution < 1.29 is 9.18 Å². The molecule has 1 saturated heterocycles. The summed E-state index contributed by atoms with van der Waals surface area (Å²) in [6.45, 7) is 2.25. The van der Waals surface area contributed by atoms with Gasteiger partial charge in [-0.2, -0.15) is 0 Å². The molecule has 5 rings (SSSR count). The number of hydrogen-bond donors (Lipinski definition) is 2. The highest BCUT2D eigenvalue weighted by atomic mass is 19.1. The van der Waals surface area contributed by atoms with E-state index in [1.807, 2.05) is 36.7 Å². The summed E-state index contributed by atoms with van der Waals surface area (Å²) in [5, 5.41) is 3.40. The predicted octanol–water partition coefficient (Wildman–Crippen LogP) is 4.28. The number of primary amides is 1. The molecule has 7 nitrogen and oxygen atoms in total. The van der Waals surface area contributed by atoms with Crippen LogP contribution in [-0.2, 0) is 11.2 Å². The maximum atomic E-state index is 13.6. The summed E-state index contributed by atoms with van der Waals surface area (Å²) in [5.41, 5.74) is 9.41. The number of benzene rings is 1. The van der Waals surface area contributed by atoms with Crippen molar-refractivity contribution in [1.82, 2.24) is 15.0 Å². The fraction of sp³-hybridized carbons (Fsp3) is 0.241. The maximum Gasteiger partial charge on any atom is 0.229 e. The molecular formula is C29H29FN6O. The van der Waals surface area contributed by atoms with Gasteiger partial charge in [-0.05, 0) is 65.9 Å². The van der Waals surface area contributed by atoms with Crippen molar-refractivity contribution in [3.63, 3.8) is 0 Å². The molecule has 3 N–H and O–H groups in total. The number of nitrogens with zero attached hydrogens (tertiary/aromatic N) is 4. The zero-order valence-electron chi connectivity index (χ0n) is 20.4. The van der Waals surface area contributed by atoms with Crippen LogP contribution in [0.25, 0.3) is 0 Å². The molecule has 4 heterocycles. The van der Waals surface area contributed by atoms with E-state index < -0.39 is 11.8 Å². The Kier molecular flexibility index (Phi) is 7.35. The van der Waals surface area contributed by atoms with Crippen molar-refractivity contribution in [1.29, 1.82) is 0 Å². The third kappa shape index (κ3) is 5.74. The van der Waals surface area contributed by atoms with Crippen molar-refractivity contribution in [2.75, 3.05) is 29.9 Å². The van der Waals surface area contributed by atoms with Gasteiger partial charge in [0.2, 0.25) is 5.91 Å². The number of carbonyl (C=O) groups is 1. The second-order valence-electron chi connectivity index (χ2n) is 9.25. The Bertz CT molecular complexity index is 1350. The molecule has 0 radical (unpaired) electrons. The molecule has 1 aliphatic rings. The Morgan fingerprint density at radius 1 is 1.08 bits per heavy atom. The van der Waals surface area contributed by atoms with Crippen LogP contribution < -0.4 is 16.0 Å². The molecule has 2 unspecified atom stereocenters. The van der Waals surface area contributed by atoms with Gasteiger partial charge in [0.05, 0.1) is 5.92 Å². The molecule has 3 aromatic heterocycles. The molecule has 0 aliphatic carbocycles. The number of amides is 1. The first kappa shape index (κ1) is 24.4. The van der Waals surface area contributed by atoms with E-state index in [4.69, 9.17) is 10.7 Å². The van der Waals surface area contributed by atoms with Gasteiger partial charge in [0.15, 0.2) is 0 Å². The van der Waals surface area contributed by atoms with Crippen LogP contribution in [0.3, 0.4) is 0 Å². The molecule has 1 aliphatic heterocycles. The average molecular weight is 497 g/mol. The topological polar surface area (TPSA) is 97.0 Å². The highest BCUT2D eigenvalue weighted by molar-refractivity contribution is 5.87. The van der Waals surface area contributed by atoms with Gasteiger partial charge in [-0.25, -0.2) is 9.37 Å². The van der Waals surface area contributed by atoms with Crippen LogP contribution in [0.4, 0.5) is 16.0 Å². The van der Waals surface area contributed by atoms with Crippen molar-refractivity contribution in [3.05, 3.63) is 114 Å². The number of nitrogens with one attached hydrogen (secondary N) is 1. The highest BCUT2D eigenvalue weighted by Crippen LogP contribution is 2.34. The molecular weight excluding hydrogens is 467 g/mol. The highest BCUT2D eigenvalue weighted by Gasteiger charge is 2.28. The summed E-state index contributed by atoms with van der Waals surface area (Å²) in [6, 6.07) is 18.2. The largest absolute Gasteiger partial charge is 0.369 e. The first-order valence-corrected chi connectivity index (χ1v) is 12.4. The molecule has 1 aromatic carbocycles. The van der Waals surface area contributed by atoms with Crippen LogP contribution in [0.2, 0.25) is 0 Å². The number of anilines is 2. The number of carbonyl (C=O) groups excluding carboxylic acids is 1. The van der Waals surface area contributed by atoms with Gasteiger partial charge in [-0.3, -0.25) is 14.8 Å². The Hall–Kier alpha value is -4.33. The summed E-state index contributed by atoms with van der Waals surface area (Å²) in [4.78, 5) is 28.1. The Morgan fingerprint density at radius 3 is 2.70 bits per heavy atom. The summed E-state index contributed by atoms with van der Waals surface area (Å²) in [7, 11) is 0. The molecule has 37 heavy (non-hydrogen) atoms. The van der Waals surface area contributed by atoms with E-state index in [-0.39, 0.29) is 5.82 Å². The van der Waals surface area contributed by atoms with E-state index in [1.165, 1.54) is 17.7 Å². The molecule has 1 amide bonds. The first-order valence-electron chi connectivity index (χ1n) is 12.4. The monoisotopic (exact) mass is 496 g/mol. The van der Waals surface area contributed by atoms with Crippen molar-refractivity contribution in [2.45, 2.75) is 24.7 Å². The standard InChI is InChI=1S/C29H29FN6O/c30-24-5-1-3-20(17-24)8-15-34-29-25(27(28(31)37)22-4-2-12-33-18-22)6-7-26(35-29)36-16-11-23(19-36)21-9-13-32-14-10-21/h1-7,9-10,12-14,17-18,23,27H,8,11,15-16,19H2,(H2,31,37)(H,34,35). The van der Waals surface area contributed by atoms with Crippen molar-refractivity contribution in [2.24, 2.45) is 5.73 Å². The van der Waals surface area contributed by atoms with Crippen LogP contribution in [0.1, 0.15) is 40.5 Å². The molecule has 0 spiro atoms. The minimum Gasteiger partial charge on any atom is -0.369 e. The van der Waals surface area contributed by atoms with Crippen LogP contribution in [0.5, 0.6) is 0 Å². The van der Waals surface area contributed by atoms with E-state index in [1.54, 1.807) is 24.5 Å². The third-order valence-corrected chi connectivity index (χ3v) is 6.81. The van der Waals surface area contributed by atoms with E-state index in [2.05, 4.69) is 32.3 Å². The van der Waals surface area contributed by atoms with Gasteiger partial charge in [0, 0.05) is 55.9 Å². The molecule has 8 heteroatoms. The predicted molar refractivity (Wildman–Crippen MR) is 142 cm³/mol. The minimum absolute atomic E-state index is 0.263. The van der Waals surface area contributed by atoms with E-state index in [9.17, 15) is 9.18 Å². The second-order valence-corrected chi connectivity index (χ2v) is 9.25. The van der Waals surface area contributed by atoms with Gasteiger partial charge >= 0.3 is 0 Å². The zero-order valence-corrected chi connectivity index (χ0v) is 20.4. The quantitative estimate of drug-likeness (QED) is 0.359. The molecule has 0 saturated carbocycles. The summed E-state index contributed by atoms with van der Waals surface area (Å²) < 4.78 is 13.6. The van der Waals surface area contributed by atoms with Crippen LogP contribution >= 0.6 is 0 Å². The Labute approximate surface area is 215 Å². The van der Waals surface area contributed by atoms with Crippen molar-refractivity contribution in [3.8, 4) is 0 Å². The van der Waals surface area contributed by atoms with Gasteiger partial charge in [0.1, 0.15) is 17.5 Å². The zero-order chi connectivity index (χ0) is 25.6. The van der Waals surface area contributed by atoms with Crippen molar-refractivity contribution >= 4 is 17.5 Å². The molecule has 2 atom stereocenters. The normalized spacial score (nSPS) is 15.9. The summed E-state index contributed by atoms with van der Waals surface area (Å²) in [5.74, 6) is 0.394. The van der Waals surface area contributed by atoms with Crippen LogP contribution in [0.15, 0.2) is 85.5 Å². The lowest BCUT2D eigenvalue weighted by molar-refractivity contribution is -0.118. The number of aromatic nitrogens is 3. The molecule has 4 aromatic rings. The van der Waals surface area contributed by atoms with E-state index in [0.29, 0.717) is 35.8 Å². The summed E-state index contributed by atoms with van der Waals surface area (Å²) in [6.07, 6.45) is 8.59. The number of rotatable bonds is 9. The van der Waals surface area contributed by atoms with Crippen LogP contribution in [0, 0.1) is 5.82 Å². The average Bonchev–Trinajstić information content (AvgIpc) is 3.41. The number of hydrogen-bond acceptors (Lipinski definition) is 6. The Morgan fingerprint density at radius 2 is 1.95 bits per heavy atom. The molecule has 1 fully saturated rings. The lowest BCUT2D eigenvalue weighted by Crippen LogP contribution is -2.25. The number of nitrogens with two attached hydrogens (primary N) is 1. The number of halogens is 1. The third-order valence-electron chi connectivity index (χ3n) is 6.81. The molecule has 188 valence electrons. The fourth-order valence-electron chi connectivity index (χ4n) is 4.95. The molecule has 0 bridgehead atoms. The smallest absolute Gasteiger partial charge is 0.229 e. The Balaban J connectivity index is 1.42. The maximum absolute atomic E-state index is 13.6. The summed E-state index contributed by atoms with van der Waals surface area (Å²) >= 11 is 0.